The van der Waals surface area contributed by atoms with E-state index < -0.39 is 0 Å². The summed E-state index contributed by atoms with van der Waals surface area (Å²) in [6.45, 7) is 4.20. The number of carbonyl (C=O) groups excluding carboxylic acids is 1. The smallest absolute Gasteiger partial charge is 0.246 e. The second-order valence-electron chi connectivity index (χ2n) is 6.51. The van der Waals surface area contributed by atoms with Gasteiger partial charge in [-0.3, -0.25) is 4.79 Å². The predicted molar refractivity (Wildman–Crippen MR) is 109 cm³/mol. The van der Waals surface area contributed by atoms with Crippen molar-refractivity contribution in [3.8, 4) is 17.1 Å². The summed E-state index contributed by atoms with van der Waals surface area (Å²) in [7, 11) is 3.35. The van der Waals surface area contributed by atoms with Crippen molar-refractivity contribution < 1.29 is 14.1 Å². The van der Waals surface area contributed by atoms with Crippen molar-refractivity contribution in [1.29, 1.82) is 0 Å². The maximum Gasteiger partial charge on any atom is 0.246 e. The highest BCUT2D eigenvalue weighted by molar-refractivity contribution is 8.00. The fourth-order valence-electron chi connectivity index (χ4n) is 2.66. The van der Waals surface area contributed by atoms with Gasteiger partial charge in [-0.15, -0.1) is 11.8 Å². The van der Waals surface area contributed by atoms with E-state index in [0.717, 1.165) is 16.2 Å². The van der Waals surface area contributed by atoms with E-state index >= 15 is 0 Å². The normalized spacial score (nSPS) is 11.9. The van der Waals surface area contributed by atoms with Crippen molar-refractivity contribution in [3.63, 3.8) is 0 Å². The van der Waals surface area contributed by atoms with Crippen molar-refractivity contribution in [2.24, 2.45) is 0 Å². The van der Waals surface area contributed by atoms with Gasteiger partial charge in [-0.2, -0.15) is 4.98 Å². The van der Waals surface area contributed by atoms with Crippen LogP contribution in [0.2, 0.25) is 0 Å². The lowest BCUT2D eigenvalue weighted by Crippen LogP contribution is -2.32. The standard InChI is InChI=1S/C21H23N3O3S/c1-14-8-10-18(11-9-14)28-15(2)21(25)24(3)13-19-22-20(23-27-19)16-6-5-7-17(12-16)26-4/h5-12,15H,13H2,1-4H3/t15-/m1/s1. The Balaban J connectivity index is 1.62. The molecule has 0 saturated heterocycles. The molecule has 0 aliphatic carbocycles. The second-order valence-corrected chi connectivity index (χ2v) is 7.93. The lowest BCUT2D eigenvalue weighted by Gasteiger charge is -2.19. The first-order valence-corrected chi connectivity index (χ1v) is 9.79. The minimum absolute atomic E-state index is 0.00621. The fraction of sp³-hybridized carbons (Fsp3) is 0.286. The largest absolute Gasteiger partial charge is 0.497 e. The lowest BCUT2D eigenvalue weighted by atomic mass is 10.2. The van der Waals surface area contributed by atoms with Gasteiger partial charge in [0.05, 0.1) is 18.9 Å². The number of rotatable bonds is 7. The van der Waals surface area contributed by atoms with E-state index in [2.05, 4.69) is 10.1 Å². The van der Waals surface area contributed by atoms with E-state index in [9.17, 15) is 4.79 Å². The van der Waals surface area contributed by atoms with Crippen molar-refractivity contribution in [3.05, 3.63) is 60.0 Å². The molecule has 0 aliphatic rings. The predicted octanol–water partition coefficient (Wildman–Crippen LogP) is 4.19. The minimum atomic E-state index is -0.214. The molecule has 1 amide bonds. The molecule has 6 nitrogen and oxygen atoms in total. The summed E-state index contributed by atoms with van der Waals surface area (Å²) in [5, 5.41) is 3.80. The molecule has 0 spiro atoms. The van der Waals surface area contributed by atoms with Crippen molar-refractivity contribution in [1.82, 2.24) is 15.0 Å². The first-order valence-electron chi connectivity index (χ1n) is 8.91. The average Bonchev–Trinajstić information content (AvgIpc) is 3.17. The van der Waals surface area contributed by atoms with E-state index in [1.165, 1.54) is 17.3 Å². The van der Waals surface area contributed by atoms with Crippen LogP contribution in [0, 0.1) is 6.92 Å². The SMILES string of the molecule is COc1cccc(-c2noc(CN(C)C(=O)[C@@H](C)Sc3ccc(C)cc3)n2)c1. The van der Waals surface area contributed by atoms with Gasteiger partial charge in [0.25, 0.3) is 0 Å². The van der Waals surface area contributed by atoms with Gasteiger partial charge in [0.2, 0.25) is 17.6 Å². The number of ether oxygens (including phenoxy) is 1. The summed E-state index contributed by atoms with van der Waals surface area (Å²) in [4.78, 5) is 19.7. The number of aromatic nitrogens is 2. The van der Waals surface area contributed by atoms with Crippen LogP contribution in [0.1, 0.15) is 18.4 Å². The van der Waals surface area contributed by atoms with Gasteiger partial charge in [0, 0.05) is 17.5 Å². The number of carbonyl (C=O) groups is 1. The summed E-state index contributed by atoms with van der Waals surface area (Å²) in [6, 6.07) is 15.6. The van der Waals surface area contributed by atoms with Gasteiger partial charge in [-0.1, -0.05) is 35.0 Å². The topological polar surface area (TPSA) is 68.5 Å². The van der Waals surface area contributed by atoms with Gasteiger partial charge in [-0.25, -0.2) is 0 Å². The second kappa shape index (κ2) is 8.93. The number of methoxy groups -OCH3 is 1. The zero-order valence-electron chi connectivity index (χ0n) is 16.4. The molecule has 28 heavy (non-hydrogen) atoms. The molecule has 146 valence electrons. The highest BCUT2D eigenvalue weighted by Gasteiger charge is 2.21. The van der Waals surface area contributed by atoms with Crippen LogP contribution in [0.25, 0.3) is 11.4 Å². The number of nitrogens with zero attached hydrogens (tertiary/aromatic N) is 3. The molecule has 2 aromatic carbocycles. The highest BCUT2D eigenvalue weighted by Crippen LogP contribution is 2.25. The highest BCUT2D eigenvalue weighted by atomic mass is 32.2. The van der Waals surface area contributed by atoms with E-state index in [0.29, 0.717) is 11.7 Å². The Hall–Kier alpha value is -2.80. The van der Waals surface area contributed by atoms with E-state index in [1.54, 1.807) is 19.1 Å². The van der Waals surface area contributed by atoms with Gasteiger partial charge in [0.1, 0.15) is 5.75 Å². The Morgan fingerprint density at radius 1 is 1.25 bits per heavy atom. The number of benzene rings is 2. The Morgan fingerprint density at radius 2 is 2.00 bits per heavy atom. The molecule has 0 fully saturated rings. The Bertz CT molecular complexity index is 940. The van der Waals surface area contributed by atoms with Crippen molar-refractivity contribution in [2.75, 3.05) is 14.2 Å². The molecule has 0 saturated carbocycles. The molecule has 0 bridgehead atoms. The molecule has 1 atom stereocenters. The summed E-state index contributed by atoms with van der Waals surface area (Å²) < 4.78 is 10.5. The van der Waals surface area contributed by atoms with E-state index in [-0.39, 0.29) is 17.7 Å². The summed E-state index contributed by atoms with van der Waals surface area (Å²) in [6.07, 6.45) is 0. The fourth-order valence-corrected chi connectivity index (χ4v) is 3.64. The first-order chi connectivity index (χ1) is 13.5. The quantitative estimate of drug-likeness (QED) is 0.557. The molecule has 3 rings (SSSR count). The van der Waals surface area contributed by atoms with Crippen molar-refractivity contribution in [2.45, 2.75) is 30.5 Å². The molecule has 0 unspecified atom stereocenters. The molecule has 0 N–H and O–H groups in total. The zero-order valence-corrected chi connectivity index (χ0v) is 17.2. The van der Waals surface area contributed by atoms with Gasteiger partial charge < -0.3 is 14.2 Å². The van der Waals surface area contributed by atoms with E-state index in [1.807, 2.05) is 62.4 Å². The monoisotopic (exact) mass is 397 g/mol. The molecule has 0 radical (unpaired) electrons. The third kappa shape index (κ3) is 4.92. The van der Waals surface area contributed by atoms with Crippen LogP contribution in [-0.2, 0) is 11.3 Å². The van der Waals surface area contributed by atoms with E-state index in [4.69, 9.17) is 9.26 Å². The van der Waals surface area contributed by atoms with Crippen LogP contribution >= 0.6 is 11.8 Å². The van der Waals surface area contributed by atoms with Crippen LogP contribution in [0.4, 0.5) is 0 Å². The molecule has 1 heterocycles. The lowest BCUT2D eigenvalue weighted by molar-refractivity contribution is -0.129. The third-order valence-corrected chi connectivity index (χ3v) is 5.33. The van der Waals surface area contributed by atoms with Crippen LogP contribution < -0.4 is 4.74 Å². The number of amides is 1. The maximum absolute atomic E-state index is 12.7. The van der Waals surface area contributed by atoms with Crippen LogP contribution in [0.3, 0.4) is 0 Å². The zero-order chi connectivity index (χ0) is 20.1. The molecule has 1 aromatic heterocycles. The number of hydrogen-bond acceptors (Lipinski definition) is 6. The Morgan fingerprint density at radius 3 is 2.71 bits per heavy atom. The molecular formula is C21H23N3O3S. The van der Waals surface area contributed by atoms with Gasteiger partial charge >= 0.3 is 0 Å². The summed E-state index contributed by atoms with van der Waals surface area (Å²) in [5.74, 6) is 1.59. The summed E-state index contributed by atoms with van der Waals surface area (Å²) >= 11 is 1.53. The first kappa shape index (κ1) is 19.9. The van der Waals surface area contributed by atoms with Gasteiger partial charge in [-0.05, 0) is 38.1 Å². The number of thioether (sulfide) groups is 1. The third-order valence-electron chi connectivity index (χ3n) is 4.23. The molecular weight excluding hydrogens is 374 g/mol. The number of aryl methyl sites for hydroxylation is 1. The Kier molecular flexibility index (Phi) is 6.36. The minimum Gasteiger partial charge on any atom is -0.497 e. The van der Waals surface area contributed by atoms with Crippen LogP contribution in [0.15, 0.2) is 57.9 Å². The Labute approximate surface area is 168 Å². The van der Waals surface area contributed by atoms with Gasteiger partial charge in [0.15, 0.2) is 0 Å². The summed E-state index contributed by atoms with van der Waals surface area (Å²) in [5.41, 5.74) is 2.00. The van der Waals surface area contributed by atoms with Crippen LogP contribution in [0.5, 0.6) is 5.75 Å². The molecule has 7 heteroatoms. The maximum atomic E-state index is 12.7. The van der Waals surface area contributed by atoms with Crippen molar-refractivity contribution >= 4 is 17.7 Å². The number of hydrogen-bond donors (Lipinski definition) is 0. The molecule has 0 aliphatic heterocycles. The molecule has 3 aromatic rings. The van der Waals surface area contributed by atoms with Crippen LogP contribution in [-0.4, -0.2) is 40.4 Å². The average molecular weight is 398 g/mol.